The maximum Gasteiger partial charge on any atom is 0.150 e. The summed E-state index contributed by atoms with van der Waals surface area (Å²) < 4.78 is 14.6. The van der Waals surface area contributed by atoms with Crippen LogP contribution in [0.5, 0.6) is 0 Å². The molecule has 0 spiro atoms. The average Bonchev–Trinajstić information content (AvgIpc) is 2.56. The zero-order chi connectivity index (χ0) is 14.7. The highest BCUT2D eigenvalue weighted by atomic mass is 19.1. The van der Waals surface area contributed by atoms with Crippen LogP contribution in [0.4, 0.5) is 4.39 Å². The first-order valence-electron chi connectivity index (χ1n) is 6.39. The van der Waals surface area contributed by atoms with Crippen molar-refractivity contribution in [3.63, 3.8) is 0 Å². The van der Waals surface area contributed by atoms with Gasteiger partial charge in [0, 0.05) is 29.7 Å². The lowest BCUT2D eigenvalue weighted by Crippen LogP contribution is -2.16. The summed E-state index contributed by atoms with van der Waals surface area (Å²) in [6.45, 7) is 0.383. The Balaban J connectivity index is 2.26. The topological polar surface area (TPSA) is 61.1 Å². The lowest BCUT2D eigenvalue weighted by Gasteiger charge is -2.14. The summed E-state index contributed by atoms with van der Waals surface area (Å²) in [6, 6.07) is 8.71. The summed E-state index contributed by atoms with van der Waals surface area (Å²) in [6.07, 6.45) is 6.73. The van der Waals surface area contributed by atoms with E-state index >= 15 is 0 Å². The molecule has 0 unspecified atom stereocenters. The van der Waals surface area contributed by atoms with Gasteiger partial charge in [-0.3, -0.25) is 9.98 Å². The van der Waals surface area contributed by atoms with Crippen LogP contribution in [0.25, 0.3) is 11.1 Å². The summed E-state index contributed by atoms with van der Waals surface area (Å²) in [4.78, 5) is 8.33. The van der Waals surface area contributed by atoms with Crippen molar-refractivity contribution in [3.05, 3.63) is 65.9 Å². The van der Waals surface area contributed by atoms with Gasteiger partial charge in [-0.1, -0.05) is 12.1 Å². The summed E-state index contributed by atoms with van der Waals surface area (Å²) in [5.74, 6) is -0.552. The van der Waals surface area contributed by atoms with Crippen LogP contribution >= 0.6 is 0 Å². The van der Waals surface area contributed by atoms with Crippen LogP contribution in [-0.4, -0.2) is 17.4 Å². The Morgan fingerprint density at radius 2 is 2.19 bits per heavy atom. The minimum Gasteiger partial charge on any atom is -0.372 e. The van der Waals surface area contributed by atoms with Gasteiger partial charge in [-0.2, -0.15) is 5.26 Å². The molecule has 0 saturated carbocycles. The van der Waals surface area contributed by atoms with E-state index in [9.17, 15) is 4.39 Å². The minimum absolute atomic E-state index is 0.00673. The molecule has 21 heavy (non-hydrogen) atoms. The molecule has 1 aliphatic rings. The van der Waals surface area contributed by atoms with E-state index in [-0.39, 0.29) is 5.56 Å². The summed E-state index contributed by atoms with van der Waals surface area (Å²) in [5.41, 5.74) is 2.31. The lowest BCUT2D eigenvalue weighted by molar-refractivity contribution is 0.621. The van der Waals surface area contributed by atoms with Crippen molar-refractivity contribution in [3.8, 4) is 17.2 Å². The van der Waals surface area contributed by atoms with E-state index in [1.54, 1.807) is 36.8 Å². The monoisotopic (exact) mass is 278 g/mol. The predicted molar refractivity (Wildman–Crippen MR) is 78.0 cm³/mol. The smallest absolute Gasteiger partial charge is 0.150 e. The Labute approximate surface area is 121 Å². The molecular weight excluding hydrogens is 267 g/mol. The Hall–Kier alpha value is -3.00. The Morgan fingerprint density at radius 3 is 2.86 bits per heavy atom. The second-order valence-corrected chi connectivity index (χ2v) is 4.44. The van der Waals surface area contributed by atoms with Crippen LogP contribution in [0.15, 0.2) is 53.9 Å². The zero-order valence-corrected chi connectivity index (χ0v) is 11.0. The van der Waals surface area contributed by atoms with E-state index in [0.717, 1.165) is 5.56 Å². The molecule has 1 aromatic heterocycles. The van der Waals surface area contributed by atoms with E-state index in [1.807, 2.05) is 12.1 Å². The van der Waals surface area contributed by atoms with Gasteiger partial charge in [0.05, 0.1) is 11.3 Å². The molecule has 0 atom stereocenters. The molecule has 1 aromatic carbocycles. The number of rotatable bonds is 2. The number of halogens is 1. The standard InChI is InChI=1S/C16H11FN4/c17-16-11(8-18)3-4-13(12-2-1-6-19-9-12)15(16)14-5-7-20-10-21-14/h1-7,9,20H,10H2. The number of hydrogen-bond donors (Lipinski definition) is 1. The molecule has 3 rings (SSSR count). The van der Waals surface area contributed by atoms with Crippen molar-refractivity contribution in [1.29, 1.82) is 5.26 Å². The largest absolute Gasteiger partial charge is 0.372 e. The van der Waals surface area contributed by atoms with Crippen LogP contribution in [0.1, 0.15) is 11.1 Å². The quantitative estimate of drug-likeness (QED) is 0.918. The number of aliphatic imine (C=N–C) groups is 1. The van der Waals surface area contributed by atoms with Crippen molar-refractivity contribution < 1.29 is 4.39 Å². The number of hydrogen-bond acceptors (Lipinski definition) is 4. The SMILES string of the molecule is N#Cc1ccc(-c2cccnc2)c(C2=NCNC=C2)c1F. The number of aromatic nitrogens is 1. The molecule has 1 aliphatic heterocycles. The maximum atomic E-state index is 14.6. The minimum atomic E-state index is -0.552. The molecule has 0 fully saturated rings. The van der Waals surface area contributed by atoms with E-state index in [2.05, 4.69) is 15.3 Å². The number of pyridine rings is 1. The fourth-order valence-corrected chi connectivity index (χ4v) is 2.21. The Morgan fingerprint density at radius 1 is 1.29 bits per heavy atom. The molecular formula is C16H11FN4. The second-order valence-electron chi connectivity index (χ2n) is 4.44. The highest BCUT2D eigenvalue weighted by molar-refractivity contribution is 6.13. The summed E-state index contributed by atoms with van der Waals surface area (Å²) in [5, 5.41) is 12.0. The number of allylic oxidation sites excluding steroid dienone is 1. The van der Waals surface area contributed by atoms with E-state index < -0.39 is 5.82 Å². The molecule has 4 nitrogen and oxygen atoms in total. The first-order valence-corrected chi connectivity index (χ1v) is 6.39. The molecule has 1 N–H and O–H groups in total. The van der Waals surface area contributed by atoms with Gasteiger partial charge in [-0.25, -0.2) is 4.39 Å². The number of benzene rings is 1. The van der Waals surface area contributed by atoms with Crippen LogP contribution < -0.4 is 5.32 Å². The highest BCUT2D eigenvalue weighted by Crippen LogP contribution is 2.28. The third kappa shape index (κ3) is 2.39. The van der Waals surface area contributed by atoms with Crippen LogP contribution in [0.3, 0.4) is 0 Å². The third-order valence-electron chi connectivity index (χ3n) is 3.19. The third-order valence-corrected chi connectivity index (χ3v) is 3.19. The zero-order valence-electron chi connectivity index (χ0n) is 11.0. The van der Waals surface area contributed by atoms with Crippen LogP contribution in [0, 0.1) is 17.1 Å². The van der Waals surface area contributed by atoms with Crippen molar-refractivity contribution >= 4 is 5.71 Å². The van der Waals surface area contributed by atoms with Crippen molar-refractivity contribution in [2.45, 2.75) is 0 Å². The van der Waals surface area contributed by atoms with Crippen molar-refractivity contribution in [1.82, 2.24) is 10.3 Å². The molecule has 2 aromatic rings. The van der Waals surface area contributed by atoms with Crippen molar-refractivity contribution in [2.24, 2.45) is 4.99 Å². The Bertz CT molecular complexity index is 773. The van der Waals surface area contributed by atoms with Crippen molar-refractivity contribution in [2.75, 3.05) is 6.67 Å². The summed E-state index contributed by atoms with van der Waals surface area (Å²) in [7, 11) is 0. The second kappa shape index (κ2) is 5.55. The van der Waals surface area contributed by atoms with Gasteiger partial charge in [-0.05, 0) is 23.8 Å². The first kappa shape index (κ1) is 13.0. The van der Waals surface area contributed by atoms with Crippen LogP contribution in [0.2, 0.25) is 0 Å². The highest BCUT2D eigenvalue weighted by Gasteiger charge is 2.19. The molecule has 0 aliphatic carbocycles. The first-order chi connectivity index (χ1) is 10.3. The van der Waals surface area contributed by atoms with E-state index in [1.165, 1.54) is 6.07 Å². The predicted octanol–water partition coefficient (Wildman–Crippen LogP) is 2.62. The van der Waals surface area contributed by atoms with Gasteiger partial charge in [0.1, 0.15) is 12.7 Å². The fraction of sp³-hybridized carbons (Fsp3) is 0.0625. The molecule has 0 bridgehead atoms. The lowest BCUT2D eigenvalue weighted by atomic mass is 9.94. The van der Waals surface area contributed by atoms with Gasteiger partial charge in [0.2, 0.25) is 0 Å². The number of nitrogens with zero attached hydrogens (tertiary/aromatic N) is 3. The molecule has 102 valence electrons. The van der Waals surface area contributed by atoms with E-state index in [4.69, 9.17) is 5.26 Å². The number of nitriles is 1. The molecule has 0 saturated heterocycles. The molecule has 0 amide bonds. The fourth-order valence-electron chi connectivity index (χ4n) is 2.21. The van der Waals surface area contributed by atoms with Gasteiger partial charge < -0.3 is 5.32 Å². The van der Waals surface area contributed by atoms with Gasteiger partial charge >= 0.3 is 0 Å². The molecule has 5 heteroatoms. The van der Waals surface area contributed by atoms with Gasteiger partial charge in [-0.15, -0.1) is 0 Å². The molecule has 0 radical (unpaired) electrons. The Kier molecular flexibility index (Phi) is 3.44. The summed E-state index contributed by atoms with van der Waals surface area (Å²) >= 11 is 0. The normalized spacial score (nSPS) is 13.2. The van der Waals surface area contributed by atoms with E-state index in [0.29, 0.717) is 23.5 Å². The van der Waals surface area contributed by atoms with Gasteiger partial charge in [0.15, 0.2) is 5.82 Å². The molecule has 2 heterocycles. The number of nitrogens with one attached hydrogen (secondary N) is 1. The maximum absolute atomic E-state index is 14.6. The average molecular weight is 278 g/mol. The van der Waals surface area contributed by atoms with Gasteiger partial charge in [0.25, 0.3) is 0 Å². The van der Waals surface area contributed by atoms with Crippen LogP contribution in [-0.2, 0) is 0 Å².